The largest absolute Gasteiger partial charge is 0.224 e. The van der Waals surface area contributed by atoms with Gasteiger partial charge in [0, 0.05) is 5.22 Å². The Morgan fingerprint density at radius 2 is 2.15 bits per heavy atom. The molecule has 4 heteroatoms. The lowest BCUT2D eigenvalue weighted by atomic mass is 10.0. The Balaban J connectivity index is 2.80. The van der Waals surface area contributed by atoms with Crippen LogP contribution in [0.25, 0.3) is 12.2 Å². The average Bonchev–Trinajstić information content (AvgIpc) is 2.02. The van der Waals surface area contributed by atoms with Crippen molar-refractivity contribution in [2.24, 2.45) is 5.92 Å². The molecular weight excluding hydrogens is 207 g/mol. The topological polar surface area (TPSA) is 25.8 Å². The van der Waals surface area contributed by atoms with Crippen LogP contribution >= 0.6 is 23.2 Å². The molecule has 1 unspecified atom stereocenters. The molecule has 1 heterocycles. The predicted molar refractivity (Wildman–Crippen MR) is 54.0 cm³/mol. The van der Waals surface area contributed by atoms with Gasteiger partial charge in [-0.25, -0.2) is 9.97 Å². The number of nitrogens with zero attached hydrogens (tertiary/aromatic N) is 2. The summed E-state index contributed by atoms with van der Waals surface area (Å²) < 4.78 is 0. The lowest BCUT2D eigenvalue weighted by Crippen LogP contribution is -2.33. The van der Waals surface area contributed by atoms with Gasteiger partial charge in [0.15, 0.2) is 0 Å². The first-order chi connectivity index (χ1) is 6.16. The first-order valence-corrected chi connectivity index (χ1v) is 4.83. The molecular formula is C9H8Cl2N2. The maximum Gasteiger partial charge on any atom is 0.224 e. The van der Waals surface area contributed by atoms with E-state index in [4.69, 9.17) is 23.2 Å². The van der Waals surface area contributed by atoms with Crippen LogP contribution in [-0.2, 0) is 0 Å². The quantitative estimate of drug-likeness (QED) is 0.482. The maximum absolute atomic E-state index is 5.91. The van der Waals surface area contributed by atoms with Gasteiger partial charge >= 0.3 is 0 Å². The Morgan fingerprint density at radius 3 is 2.92 bits per heavy atom. The third-order valence-corrected chi connectivity index (χ3v) is 2.49. The van der Waals surface area contributed by atoms with E-state index in [1.165, 1.54) is 0 Å². The van der Waals surface area contributed by atoms with E-state index >= 15 is 0 Å². The molecule has 1 aliphatic rings. The van der Waals surface area contributed by atoms with Gasteiger partial charge in [-0.1, -0.05) is 30.7 Å². The van der Waals surface area contributed by atoms with E-state index in [9.17, 15) is 0 Å². The van der Waals surface area contributed by atoms with E-state index < -0.39 is 0 Å². The molecule has 0 spiro atoms. The second-order valence-electron chi connectivity index (χ2n) is 3.17. The average molecular weight is 215 g/mol. The van der Waals surface area contributed by atoms with Gasteiger partial charge in [0.1, 0.15) is 5.15 Å². The zero-order valence-corrected chi connectivity index (χ0v) is 8.60. The van der Waals surface area contributed by atoms with Crippen LogP contribution in [-0.4, -0.2) is 9.97 Å². The first kappa shape index (κ1) is 8.97. The van der Waals surface area contributed by atoms with Crippen molar-refractivity contribution in [3.63, 3.8) is 0 Å². The summed E-state index contributed by atoms with van der Waals surface area (Å²) in [5, 5.41) is 2.41. The minimum atomic E-state index is 0.211. The van der Waals surface area contributed by atoms with Crippen LogP contribution in [0.4, 0.5) is 0 Å². The zero-order chi connectivity index (χ0) is 9.42. The standard InChI is InChI=1S/C9H8Cl2N2/c1-5-2-3-6-7(4-5)12-9(11)13-8(6)10/h3-5H,2H2,1H3. The molecule has 13 heavy (non-hydrogen) atoms. The van der Waals surface area contributed by atoms with E-state index in [0.717, 1.165) is 17.0 Å². The minimum absolute atomic E-state index is 0.211. The van der Waals surface area contributed by atoms with Gasteiger partial charge < -0.3 is 0 Å². The molecule has 68 valence electrons. The summed E-state index contributed by atoms with van der Waals surface area (Å²) in [6.07, 6.45) is 5.10. The number of aromatic nitrogens is 2. The highest BCUT2D eigenvalue weighted by atomic mass is 35.5. The smallest absolute Gasteiger partial charge is 0.218 e. The number of hydrogen-bond donors (Lipinski definition) is 0. The van der Waals surface area contributed by atoms with Crippen molar-refractivity contribution in [2.75, 3.05) is 0 Å². The third-order valence-electron chi connectivity index (χ3n) is 2.04. The van der Waals surface area contributed by atoms with Crippen LogP contribution < -0.4 is 10.6 Å². The maximum atomic E-state index is 5.91. The van der Waals surface area contributed by atoms with Gasteiger partial charge in [0.2, 0.25) is 5.28 Å². The lowest BCUT2D eigenvalue weighted by molar-refractivity contribution is 0.792. The SMILES string of the molecule is CC1C=c2nc(Cl)nc(Cl)c2=CC1. The van der Waals surface area contributed by atoms with Gasteiger partial charge in [-0.15, -0.1) is 0 Å². The van der Waals surface area contributed by atoms with E-state index in [1.807, 2.05) is 0 Å². The third kappa shape index (κ3) is 1.69. The zero-order valence-electron chi connectivity index (χ0n) is 7.09. The molecule has 0 saturated heterocycles. The molecule has 1 atom stereocenters. The summed E-state index contributed by atoms with van der Waals surface area (Å²) in [7, 11) is 0. The summed E-state index contributed by atoms with van der Waals surface area (Å²) in [6, 6.07) is 0. The second kappa shape index (κ2) is 3.28. The molecule has 0 N–H and O–H groups in total. The number of halogens is 2. The molecule has 0 radical (unpaired) electrons. The molecule has 1 aliphatic carbocycles. The van der Waals surface area contributed by atoms with Crippen LogP contribution in [0.3, 0.4) is 0 Å². The molecule has 0 fully saturated rings. The number of rotatable bonds is 0. The Kier molecular flexibility index (Phi) is 2.26. The van der Waals surface area contributed by atoms with E-state index in [2.05, 4.69) is 29.0 Å². The molecule has 0 saturated carbocycles. The van der Waals surface area contributed by atoms with Crippen molar-refractivity contribution in [3.05, 3.63) is 21.0 Å². The summed E-state index contributed by atoms with van der Waals surface area (Å²) >= 11 is 11.6. The summed E-state index contributed by atoms with van der Waals surface area (Å²) in [5.74, 6) is 0.495. The second-order valence-corrected chi connectivity index (χ2v) is 3.86. The number of fused-ring (bicyclic) bond motifs is 1. The Morgan fingerprint density at radius 1 is 1.38 bits per heavy atom. The van der Waals surface area contributed by atoms with Crippen molar-refractivity contribution < 1.29 is 0 Å². The normalized spacial score (nSPS) is 20.1. The molecule has 1 aromatic heterocycles. The van der Waals surface area contributed by atoms with Crippen LogP contribution in [0.2, 0.25) is 10.4 Å². The van der Waals surface area contributed by atoms with Crippen LogP contribution in [0.5, 0.6) is 0 Å². The summed E-state index contributed by atoms with van der Waals surface area (Å²) in [4.78, 5) is 7.99. The van der Waals surface area contributed by atoms with Gasteiger partial charge in [-0.2, -0.15) is 0 Å². The van der Waals surface area contributed by atoms with Crippen molar-refractivity contribution in [1.82, 2.24) is 9.97 Å². The van der Waals surface area contributed by atoms with Gasteiger partial charge in [0.25, 0.3) is 0 Å². The van der Waals surface area contributed by atoms with Gasteiger partial charge in [-0.3, -0.25) is 0 Å². The van der Waals surface area contributed by atoms with Crippen molar-refractivity contribution in [3.8, 4) is 0 Å². The first-order valence-electron chi connectivity index (χ1n) is 4.08. The molecule has 0 bridgehead atoms. The molecule has 2 nitrogen and oxygen atoms in total. The minimum Gasteiger partial charge on any atom is -0.218 e. The summed E-state index contributed by atoms with van der Waals surface area (Å²) in [5.41, 5.74) is 0. The Hall–Kier alpha value is -0.600. The molecule has 1 aromatic rings. The fourth-order valence-electron chi connectivity index (χ4n) is 1.39. The van der Waals surface area contributed by atoms with Crippen molar-refractivity contribution in [1.29, 1.82) is 0 Å². The number of hydrogen-bond acceptors (Lipinski definition) is 2. The highest BCUT2D eigenvalue weighted by Gasteiger charge is 2.06. The van der Waals surface area contributed by atoms with Crippen LogP contribution in [0.15, 0.2) is 0 Å². The highest BCUT2D eigenvalue weighted by molar-refractivity contribution is 6.31. The molecule has 2 rings (SSSR count). The summed E-state index contributed by atoms with van der Waals surface area (Å²) in [6.45, 7) is 2.13. The van der Waals surface area contributed by atoms with E-state index in [1.54, 1.807) is 0 Å². The van der Waals surface area contributed by atoms with Gasteiger partial charge in [0.05, 0.1) is 5.35 Å². The van der Waals surface area contributed by atoms with E-state index in [0.29, 0.717) is 11.1 Å². The highest BCUT2D eigenvalue weighted by Crippen LogP contribution is 2.08. The van der Waals surface area contributed by atoms with Gasteiger partial charge in [-0.05, 0) is 23.9 Å². The van der Waals surface area contributed by atoms with Crippen LogP contribution in [0.1, 0.15) is 13.3 Å². The Bertz CT molecular complexity index is 453. The van der Waals surface area contributed by atoms with Crippen molar-refractivity contribution >= 4 is 35.4 Å². The Labute approximate surface area is 85.9 Å². The van der Waals surface area contributed by atoms with Crippen molar-refractivity contribution in [2.45, 2.75) is 13.3 Å². The molecule has 0 aliphatic heterocycles. The van der Waals surface area contributed by atoms with Crippen LogP contribution in [0, 0.1) is 5.92 Å². The fourth-order valence-corrected chi connectivity index (χ4v) is 1.86. The monoisotopic (exact) mass is 214 g/mol. The van der Waals surface area contributed by atoms with E-state index in [-0.39, 0.29) is 5.28 Å². The predicted octanol–water partition coefficient (Wildman–Crippen LogP) is 1.38. The molecule has 0 amide bonds. The fraction of sp³-hybridized carbons (Fsp3) is 0.333. The molecule has 0 aromatic carbocycles. The lowest BCUT2D eigenvalue weighted by Gasteiger charge is -2.07.